The Labute approximate surface area is 310 Å². The number of anilines is 1. The van der Waals surface area contributed by atoms with Crippen LogP contribution in [0.1, 0.15) is 55.7 Å². The van der Waals surface area contributed by atoms with Crippen LogP contribution in [0.15, 0.2) is 47.4 Å². The number of amides is 2. The minimum absolute atomic E-state index is 0.132. The fourth-order valence-corrected chi connectivity index (χ4v) is 8.87. The first-order valence-corrected chi connectivity index (χ1v) is 18.8. The highest BCUT2D eigenvalue weighted by molar-refractivity contribution is 6.33. The molecule has 0 aliphatic carbocycles. The molecule has 0 unspecified atom stereocenters. The van der Waals surface area contributed by atoms with Crippen LogP contribution in [0.2, 0.25) is 5.02 Å². The number of nitrogens with one attached hydrogen (secondary N) is 2. The van der Waals surface area contributed by atoms with Crippen molar-refractivity contribution in [1.29, 1.82) is 0 Å². The number of likely N-dealkylation sites (tertiary alicyclic amines) is 3. The molecule has 53 heavy (non-hydrogen) atoms. The Hall–Kier alpha value is -4.30. The van der Waals surface area contributed by atoms with Gasteiger partial charge in [-0.2, -0.15) is 13.2 Å². The lowest BCUT2D eigenvalue weighted by molar-refractivity contribution is -0.142. The van der Waals surface area contributed by atoms with Gasteiger partial charge in [-0.25, -0.2) is 9.59 Å². The average Bonchev–Trinajstić information content (AvgIpc) is 3.50. The summed E-state index contributed by atoms with van der Waals surface area (Å²) < 4.78 is 49.8. The minimum Gasteiger partial charge on any atom is -0.436 e. The van der Waals surface area contributed by atoms with Crippen LogP contribution in [0.25, 0.3) is 21.9 Å². The SMILES string of the molecule is CNc1c(Cl)cc(C[C@@H](OC(=O)N2CCC(n3c(=O)[nH]c4c5ccccc5ncc43)CC2)C(=O)N2CCC(C3CCN(C)CC3)CC2)cc1C(F)(F)F. The molecule has 2 amide bonds. The zero-order chi connectivity index (χ0) is 37.4. The van der Waals surface area contributed by atoms with E-state index in [1.807, 2.05) is 24.3 Å². The van der Waals surface area contributed by atoms with Gasteiger partial charge in [0, 0.05) is 51.1 Å². The molecule has 3 aliphatic heterocycles. The quantitative estimate of drug-likeness (QED) is 0.220. The summed E-state index contributed by atoms with van der Waals surface area (Å²) in [5.41, 5.74) is 0.804. The molecule has 2 aromatic heterocycles. The summed E-state index contributed by atoms with van der Waals surface area (Å²) in [5, 5.41) is 3.21. The van der Waals surface area contributed by atoms with Crippen LogP contribution < -0.4 is 11.0 Å². The number of aromatic nitrogens is 3. The van der Waals surface area contributed by atoms with Crippen LogP contribution in [0.3, 0.4) is 0 Å². The molecular weight excluding hydrogens is 711 g/mol. The molecule has 2 N–H and O–H groups in total. The van der Waals surface area contributed by atoms with Gasteiger partial charge in [0.25, 0.3) is 5.91 Å². The van der Waals surface area contributed by atoms with Gasteiger partial charge in [0.1, 0.15) is 0 Å². The Morgan fingerprint density at radius 2 is 1.62 bits per heavy atom. The van der Waals surface area contributed by atoms with Crippen LogP contribution in [-0.4, -0.2) is 101 Å². The van der Waals surface area contributed by atoms with Crippen molar-refractivity contribution in [3.05, 3.63) is 69.2 Å². The van der Waals surface area contributed by atoms with E-state index in [0.29, 0.717) is 48.8 Å². The molecule has 2 aromatic carbocycles. The van der Waals surface area contributed by atoms with Crippen molar-refractivity contribution in [2.45, 2.75) is 63.3 Å². The topological polar surface area (TPSA) is 116 Å². The zero-order valence-corrected chi connectivity index (χ0v) is 30.7. The number of hydrogen-bond acceptors (Lipinski definition) is 7. The Morgan fingerprint density at radius 1 is 0.981 bits per heavy atom. The molecule has 15 heteroatoms. The molecule has 4 aromatic rings. The number of nitrogens with zero attached hydrogens (tertiary/aromatic N) is 5. The maximum Gasteiger partial charge on any atom is 0.418 e. The number of carbonyl (C=O) groups is 2. The average molecular weight is 756 g/mol. The van der Waals surface area contributed by atoms with Crippen molar-refractivity contribution in [3.8, 4) is 0 Å². The number of carbonyl (C=O) groups excluding carboxylic acids is 2. The van der Waals surface area contributed by atoms with Crippen LogP contribution in [-0.2, 0) is 22.1 Å². The first kappa shape index (κ1) is 37.0. The van der Waals surface area contributed by atoms with Gasteiger partial charge in [0.2, 0.25) is 0 Å². The van der Waals surface area contributed by atoms with Crippen LogP contribution in [0.5, 0.6) is 0 Å². The molecule has 1 atom stereocenters. The standard InChI is InChI=1S/C38H45ClF3N7O4/c1-43-34-28(38(40,41)42)19-23(20-29(34)39)21-32(35(50)47-15-9-25(10-16-47)24-7-13-46(2)14-8-24)53-37(52)48-17-11-26(12-18-48)49-31-22-44-30-6-4-3-5-27(30)33(31)45-36(49)51/h3-6,19-20,22,24-26,32,43H,7-18,21H2,1-2H3,(H,45,51)/t32-/m1/s1. The van der Waals surface area contributed by atoms with Gasteiger partial charge in [0.05, 0.1) is 39.0 Å². The van der Waals surface area contributed by atoms with Gasteiger partial charge >= 0.3 is 18.0 Å². The second-order valence-electron chi connectivity index (χ2n) is 14.7. The van der Waals surface area contributed by atoms with Gasteiger partial charge in [-0.1, -0.05) is 29.8 Å². The van der Waals surface area contributed by atoms with Gasteiger partial charge in [-0.3, -0.25) is 14.3 Å². The number of aromatic amines is 1. The summed E-state index contributed by atoms with van der Waals surface area (Å²) in [6.45, 7) is 3.61. The van der Waals surface area contributed by atoms with Crippen molar-refractivity contribution in [3.63, 3.8) is 0 Å². The second-order valence-corrected chi connectivity index (χ2v) is 15.1. The number of pyridine rings is 1. The predicted molar refractivity (Wildman–Crippen MR) is 197 cm³/mol. The largest absolute Gasteiger partial charge is 0.436 e. The van der Waals surface area contributed by atoms with Gasteiger partial charge < -0.3 is 29.7 Å². The Kier molecular flexibility index (Phi) is 10.6. The Bertz CT molecular complexity index is 2030. The fraction of sp³-hybridized carbons (Fsp3) is 0.526. The van der Waals surface area contributed by atoms with Crippen molar-refractivity contribution >= 4 is 51.2 Å². The third-order valence-electron chi connectivity index (χ3n) is 11.5. The second kappa shape index (κ2) is 15.2. The maximum absolute atomic E-state index is 14.1. The molecule has 11 nitrogen and oxygen atoms in total. The van der Waals surface area contributed by atoms with E-state index in [1.165, 1.54) is 18.0 Å². The predicted octanol–water partition coefficient (Wildman–Crippen LogP) is 6.56. The number of hydrogen-bond donors (Lipinski definition) is 2. The lowest BCUT2D eigenvalue weighted by atomic mass is 9.79. The zero-order valence-electron chi connectivity index (χ0n) is 29.9. The summed E-state index contributed by atoms with van der Waals surface area (Å²) in [7, 11) is 3.49. The number of ether oxygens (including phenoxy) is 1. The molecule has 5 heterocycles. The molecule has 0 spiro atoms. The van der Waals surface area contributed by atoms with E-state index in [1.54, 1.807) is 15.7 Å². The highest BCUT2D eigenvalue weighted by Gasteiger charge is 2.38. The molecule has 7 rings (SSSR count). The third-order valence-corrected chi connectivity index (χ3v) is 11.8. The summed E-state index contributed by atoms with van der Waals surface area (Å²) in [6.07, 6.45) is -0.562. The van der Waals surface area contributed by atoms with Crippen molar-refractivity contribution < 1.29 is 27.5 Å². The van der Waals surface area contributed by atoms with E-state index in [4.69, 9.17) is 16.3 Å². The number of halogens is 4. The van der Waals surface area contributed by atoms with Crippen LogP contribution in [0.4, 0.5) is 23.7 Å². The van der Waals surface area contributed by atoms with Gasteiger partial charge in [-0.05, 0) is 94.3 Å². The number of alkyl halides is 3. The van der Waals surface area contributed by atoms with E-state index < -0.39 is 29.8 Å². The first-order valence-electron chi connectivity index (χ1n) is 18.4. The Morgan fingerprint density at radius 3 is 2.28 bits per heavy atom. The number of benzene rings is 2. The van der Waals surface area contributed by atoms with E-state index >= 15 is 0 Å². The van der Waals surface area contributed by atoms with Gasteiger partial charge in [-0.15, -0.1) is 0 Å². The lowest BCUT2D eigenvalue weighted by Gasteiger charge is -2.40. The lowest BCUT2D eigenvalue weighted by Crippen LogP contribution is -2.49. The molecule has 3 aliphatic rings. The smallest absolute Gasteiger partial charge is 0.418 e. The molecular formula is C38H45ClF3N7O4. The monoisotopic (exact) mass is 755 g/mol. The van der Waals surface area contributed by atoms with Crippen molar-refractivity contribution in [2.75, 3.05) is 58.7 Å². The van der Waals surface area contributed by atoms with E-state index in [9.17, 15) is 27.6 Å². The number of piperidine rings is 3. The third kappa shape index (κ3) is 7.71. The minimum atomic E-state index is -4.70. The number of rotatable bonds is 7. The van der Waals surface area contributed by atoms with Crippen LogP contribution >= 0.6 is 11.6 Å². The highest BCUT2D eigenvalue weighted by atomic mass is 35.5. The summed E-state index contributed by atoms with van der Waals surface area (Å²) in [4.78, 5) is 54.0. The van der Waals surface area contributed by atoms with Gasteiger partial charge in [0.15, 0.2) is 6.10 Å². The summed E-state index contributed by atoms with van der Waals surface area (Å²) in [5.74, 6) is 0.670. The number of fused-ring (bicyclic) bond motifs is 3. The van der Waals surface area contributed by atoms with Crippen molar-refractivity contribution in [1.82, 2.24) is 29.2 Å². The summed E-state index contributed by atoms with van der Waals surface area (Å²) in [6, 6.07) is 9.70. The molecule has 0 saturated carbocycles. The molecule has 3 fully saturated rings. The number of para-hydroxylation sites is 1. The molecule has 3 saturated heterocycles. The number of imidazole rings is 1. The maximum atomic E-state index is 14.1. The first-order chi connectivity index (χ1) is 25.4. The van der Waals surface area contributed by atoms with E-state index in [0.717, 1.165) is 55.7 Å². The number of H-pyrrole nitrogens is 1. The van der Waals surface area contributed by atoms with Crippen molar-refractivity contribution in [2.24, 2.45) is 11.8 Å². The molecule has 0 bridgehead atoms. The molecule has 0 radical (unpaired) electrons. The van der Waals surface area contributed by atoms with E-state index in [2.05, 4.69) is 27.2 Å². The molecule has 284 valence electrons. The highest BCUT2D eigenvalue weighted by Crippen LogP contribution is 2.40. The summed E-state index contributed by atoms with van der Waals surface area (Å²) >= 11 is 6.30. The Balaban J connectivity index is 1.07. The van der Waals surface area contributed by atoms with E-state index in [-0.39, 0.29) is 47.5 Å². The fourth-order valence-electron chi connectivity index (χ4n) is 8.53. The normalized spacial score (nSPS) is 19.2. The van der Waals surface area contributed by atoms with Crippen LogP contribution in [0, 0.1) is 11.8 Å².